The number of amides is 1. The maximum Gasteiger partial charge on any atom is 0.308 e. The number of carbonyl (C=O) groups is 2. The summed E-state index contributed by atoms with van der Waals surface area (Å²) < 4.78 is 0. The predicted molar refractivity (Wildman–Crippen MR) is 59.6 cm³/mol. The van der Waals surface area contributed by atoms with Gasteiger partial charge in [-0.25, -0.2) is 4.98 Å². The van der Waals surface area contributed by atoms with Gasteiger partial charge in [-0.05, 0) is 19.8 Å². The van der Waals surface area contributed by atoms with Crippen molar-refractivity contribution in [1.29, 1.82) is 0 Å². The first kappa shape index (κ1) is 11.6. The fourth-order valence-corrected chi connectivity index (χ4v) is 2.06. The Morgan fingerprint density at radius 3 is 2.94 bits per heavy atom. The number of piperidine rings is 1. The Kier molecular flexibility index (Phi) is 3.12. The quantitative estimate of drug-likeness (QED) is 0.791. The zero-order valence-electron chi connectivity index (χ0n) is 9.64. The Morgan fingerprint density at radius 1 is 1.59 bits per heavy atom. The highest BCUT2D eigenvalue weighted by atomic mass is 16.4. The fourth-order valence-electron chi connectivity index (χ4n) is 2.06. The second-order valence-corrected chi connectivity index (χ2v) is 4.31. The molecule has 92 valence electrons. The average Bonchev–Trinajstić information content (AvgIpc) is 2.75. The van der Waals surface area contributed by atoms with Gasteiger partial charge < -0.3 is 15.0 Å². The minimum absolute atomic E-state index is 0.170. The summed E-state index contributed by atoms with van der Waals surface area (Å²) in [5, 5.41) is 8.95. The molecule has 2 heterocycles. The Hall–Kier alpha value is -1.85. The minimum atomic E-state index is -0.830. The number of imidazole rings is 1. The summed E-state index contributed by atoms with van der Waals surface area (Å²) in [6, 6.07) is 0. The lowest BCUT2D eigenvalue weighted by atomic mass is 9.98. The SMILES string of the molecule is Cc1ncc(C(=O)N2CCCC(C(=O)O)C2)[nH]1. The van der Waals surface area contributed by atoms with E-state index in [-0.39, 0.29) is 12.5 Å². The van der Waals surface area contributed by atoms with Crippen LogP contribution in [0.1, 0.15) is 29.2 Å². The monoisotopic (exact) mass is 237 g/mol. The molecule has 0 spiro atoms. The molecule has 1 aromatic rings. The zero-order chi connectivity index (χ0) is 12.4. The Balaban J connectivity index is 2.07. The van der Waals surface area contributed by atoms with Gasteiger partial charge in [-0.1, -0.05) is 0 Å². The molecule has 1 amide bonds. The average molecular weight is 237 g/mol. The van der Waals surface area contributed by atoms with Crippen LogP contribution in [-0.2, 0) is 4.79 Å². The second-order valence-electron chi connectivity index (χ2n) is 4.31. The lowest BCUT2D eigenvalue weighted by Gasteiger charge is -2.30. The summed E-state index contributed by atoms with van der Waals surface area (Å²) in [4.78, 5) is 31.4. The first-order valence-electron chi connectivity index (χ1n) is 5.61. The van der Waals surface area contributed by atoms with Crippen LogP contribution >= 0.6 is 0 Å². The summed E-state index contributed by atoms with van der Waals surface area (Å²) >= 11 is 0. The predicted octanol–water partition coefficient (Wildman–Crippen LogP) is 0.655. The number of carboxylic acid groups (broad SMARTS) is 1. The number of aromatic nitrogens is 2. The lowest BCUT2D eigenvalue weighted by Crippen LogP contribution is -2.42. The summed E-state index contributed by atoms with van der Waals surface area (Å²) in [5.41, 5.74) is 0.425. The highest BCUT2D eigenvalue weighted by Gasteiger charge is 2.29. The van der Waals surface area contributed by atoms with Gasteiger partial charge in [0.05, 0.1) is 12.1 Å². The van der Waals surface area contributed by atoms with Crippen LogP contribution in [0, 0.1) is 12.8 Å². The van der Waals surface area contributed by atoms with E-state index in [0.29, 0.717) is 24.5 Å². The molecule has 1 aliphatic heterocycles. The molecule has 1 aliphatic rings. The van der Waals surface area contributed by atoms with Gasteiger partial charge in [0.2, 0.25) is 0 Å². The number of nitrogens with one attached hydrogen (secondary N) is 1. The van der Waals surface area contributed by atoms with Gasteiger partial charge >= 0.3 is 5.97 Å². The van der Waals surface area contributed by atoms with Crippen molar-refractivity contribution in [2.24, 2.45) is 5.92 Å². The number of nitrogens with zero attached hydrogens (tertiary/aromatic N) is 2. The van der Waals surface area contributed by atoms with Gasteiger partial charge in [0.25, 0.3) is 5.91 Å². The van der Waals surface area contributed by atoms with Crippen molar-refractivity contribution in [3.8, 4) is 0 Å². The molecular formula is C11H15N3O3. The lowest BCUT2D eigenvalue weighted by molar-refractivity contribution is -0.143. The number of hydrogen-bond donors (Lipinski definition) is 2. The molecule has 0 bridgehead atoms. The summed E-state index contributed by atoms with van der Waals surface area (Å²) in [6.45, 7) is 2.67. The van der Waals surface area contributed by atoms with E-state index < -0.39 is 11.9 Å². The molecular weight excluding hydrogens is 222 g/mol. The zero-order valence-corrected chi connectivity index (χ0v) is 9.64. The van der Waals surface area contributed by atoms with Crippen LogP contribution in [0.25, 0.3) is 0 Å². The van der Waals surface area contributed by atoms with Crippen LogP contribution < -0.4 is 0 Å². The van der Waals surface area contributed by atoms with Gasteiger partial charge in [-0.3, -0.25) is 9.59 Å². The van der Waals surface area contributed by atoms with Gasteiger partial charge in [-0.15, -0.1) is 0 Å². The van der Waals surface area contributed by atoms with Gasteiger partial charge in [-0.2, -0.15) is 0 Å². The first-order valence-corrected chi connectivity index (χ1v) is 5.61. The van der Waals surface area contributed by atoms with Crippen LogP contribution in [0.2, 0.25) is 0 Å². The number of aliphatic carboxylic acids is 1. The summed E-state index contributed by atoms with van der Waals surface area (Å²) in [7, 11) is 0. The third kappa shape index (κ3) is 2.46. The van der Waals surface area contributed by atoms with E-state index in [9.17, 15) is 9.59 Å². The molecule has 2 N–H and O–H groups in total. The normalized spacial score (nSPS) is 20.3. The smallest absolute Gasteiger partial charge is 0.308 e. The number of likely N-dealkylation sites (tertiary alicyclic amines) is 1. The standard InChI is InChI=1S/C11H15N3O3/c1-7-12-5-9(13-7)10(15)14-4-2-3-8(6-14)11(16)17/h5,8H,2-4,6H2,1H3,(H,12,13)(H,16,17). The van der Waals surface area contributed by atoms with Crippen molar-refractivity contribution in [1.82, 2.24) is 14.9 Å². The number of carbonyl (C=O) groups excluding carboxylic acids is 1. The molecule has 1 aromatic heterocycles. The van der Waals surface area contributed by atoms with E-state index in [2.05, 4.69) is 9.97 Å². The second kappa shape index (κ2) is 4.57. The third-order valence-electron chi connectivity index (χ3n) is 2.99. The van der Waals surface area contributed by atoms with E-state index in [4.69, 9.17) is 5.11 Å². The Labute approximate surface area is 98.7 Å². The van der Waals surface area contributed by atoms with Crippen LogP contribution in [0.15, 0.2) is 6.20 Å². The molecule has 6 nitrogen and oxygen atoms in total. The molecule has 1 fully saturated rings. The molecule has 0 saturated carbocycles. The number of carboxylic acids is 1. The van der Waals surface area contributed by atoms with Crippen LogP contribution in [0.5, 0.6) is 0 Å². The van der Waals surface area contributed by atoms with Crippen molar-refractivity contribution in [3.63, 3.8) is 0 Å². The maximum atomic E-state index is 12.0. The number of H-pyrrole nitrogens is 1. The molecule has 0 radical (unpaired) electrons. The highest BCUT2D eigenvalue weighted by molar-refractivity contribution is 5.92. The number of rotatable bonds is 2. The van der Waals surface area contributed by atoms with Gasteiger partial charge in [0.15, 0.2) is 0 Å². The molecule has 1 atom stereocenters. The van der Waals surface area contributed by atoms with E-state index in [1.54, 1.807) is 11.8 Å². The Morgan fingerprint density at radius 2 is 2.35 bits per heavy atom. The largest absolute Gasteiger partial charge is 0.481 e. The highest BCUT2D eigenvalue weighted by Crippen LogP contribution is 2.18. The van der Waals surface area contributed by atoms with Crippen molar-refractivity contribution in [2.75, 3.05) is 13.1 Å². The number of aryl methyl sites for hydroxylation is 1. The van der Waals surface area contributed by atoms with Gasteiger partial charge in [0.1, 0.15) is 11.5 Å². The van der Waals surface area contributed by atoms with Crippen molar-refractivity contribution in [3.05, 3.63) is 17.7 Å². The topological polar surface area (TPSA) is 86.3 Å². The van der Waals surface area contributed by atoms with Crippen LogP contribution in [0.3, 0.4) is 0 Å². The van der Waals surface area contributed by atoms with Crippen molar-refractivity contribution < 1.29 is 14.7 Å². The molecule has 1 saturated heterocycles. The fraction of sp³-hybridized carbons (Fsp3) is 0.545. The van der Waals surface area contributed by atoms with E-state index in [0.717, 1.165) is 6.42 Å². The van der Waals surface area contributed by atoms with E-state index >= 15 is 0 Å². The van der Waals surface area contributed by atoms with Crippen molar-refractivity contribution in [2.45, 2.75) is 19.8 Å². The van der Waals surface area contributed by atoms with E-state index in [1.807, 2.05) is 0 Å². The minimum Gasteiger partial charge on any atom is -0.481 e. The molecule has 2 rings (SSSR count). The van der Waals surface area contributed by atoms with Gasteiger partial charge in [0, 0.05) is 13.1 Å². The molecule has 1 unspecified atom stereocenters. The molecule has 0 aromatic carbocycles. The van der Waals surface area contributed by atoms with E-state index in [1.165, 1.54) is 6.20 Å². The van der Waals surface area contributed by atoms with Crippen LogP contribution in [-0.4, -0.2) is 44.9 Å². The molecule has 17 heavy (non-hydrogen) atoms. The summed E-state index contributed by atoms with van der Waals surface area (Å²) in [6.07, 6.45) is 2.86. The Bertz CT molecular complexity index is 441. The third-order valence-corrected chi connectivity index (χ3v) is 2.99. The molecule has 6 heteroatoms. The van der Waals surface area contributed by atoms with Crippen molar-refractivity contribution >= 4 is 11.9 Å². The number of aromatic amines is 1. The van der Waals surface area contributed by atoms with Crippen LogP contribution in [0.4, 0.5) is 0 Å². The maximum absolute atomic E-state index is 12.0. The molecule has 0 aliphatic carbocycles. The summed E-state index contributed by atoms with van der Waals surface area (Å²) in [5.74, 6) is -0.767. The first-order chi connectivity index (χ1) is 8.08. The number of hydrogen-bond acceptors (Lipinski definition) is 3.